The molecule has 2 heterocycles. The summed E-state index contributed by atoms with van der Waals surface area (Å²) < 4.78 is 0. The second-order valence-corrected chi connectivity index (χ2v) is 8.11. The highest BCUT2D eigenvalue weighted by Gasteiger charge is 2.30. The van der Waals surface area contributed by atoms with E-state index in [9.17, 15) is 4.79 Å². The van der Waals surface area contributed by atoms with Gasteiger partial charge in [-0.25, -0.2) is 9.97 Å². The number of aryl methyl sites for hydroxylation is 1. The van der Waals surface area contributed by atoms with E-state index >= 15 is 0 Å². The van der Waals surface area contributed by atoms with Crippen LogP contribution in [0, 0.1) is 0 Å². The van der Waals surface area contributed by atoms with Gasteiger partial charge in [0.1, 0.15) is 20.0 Å². The van der Waals surface area contributed by atoms with Gasteiger partial charge in [0.25, 0.3) is 0 Å². The van der Waals surface area contributed by atoms with Gasteiger partial charge >= 0.3 is 0 Å². The van der Waals surface area contributed by atoms with E-state index in [2.05, 4.69) is 53.9 Å². The highest BCUT2D eigenvalue weighted by Crippen LogP contribution is 2.37. The average Bonchev–Trinajstić information content (AvgIpc) is 3.10. The number of anilines is 1. The Labute approximate surface area is 167 Å². The lowest BCUT2D eigenvalue weighted by atomic mass is 9.94. The van der Waals surface area contributed by atoms with Gasteiger partial charge in [0.05, 0.1) is 6.04 Å². The molecular formula is C21H28BN5O. The number of rotatable bonds is 4. The first-order valence-electron chi connectivity index (χ1n) is 10.2. The van der Waals surface area contributed by atoms with Gasteiger partial charge in [-0.05, 0) is 30.7 Å². The Kier molecular flexibility index (Phi) is 5.35. The lowest BCUT2D eigenvalue weighted by molar-refractivity contribution is -0.132. The van der Waals surface area contributed by atoms with Gasteiger partial charge in [-0.15, -0.1) is 0 Å². The summed E-state index contributed by atoms with van der Waals surface area (Å²) in [7, 11) is 2.06. The summed E-state index contributed by atoms with van der Waals surface area (Å²) in [5.74, 6) is 1.61. The van der Waals surface area contributed by atoms with E-state index in [1.54, 1.807) is 6.33 Å². The Hall–Kier alpha value is -2.41. The zero-order valence-electron chi connectivity index (χ0n) is 16.8. The molecule has 4 rings (SSSR count). The van der Waals surface area contributed by atoms with Crippen LogP contribution in [0.5, 0.6) is 0 Å². The molecule has 1 aromatic carbocycles. The van der Waals surface area contributed by atoms with Crippen LogP contribution in [-0.2, 0) is 17.6 Å². The molecule has 0 radical (unpaired) electrons. The topological polar surface area (TPSA) is 75.4 Å². The average molecular weight is 377 g/mol. The summed E-state index contributed by atoms with van der Waals surface area (Å²) in [5.41, 5.74) is 11.0. The van der Waals surface area contributed by atoms with Gasteiger partial charge in [0.2, 0.25) is 5.91 Å². The molecule has 0 bridgehead atoms. The van der Waals surface area contributed by atoms with E-state index in [4.69, 9.17) is 5.73 Å². The Morgan fingerprint density at radius 1 is 1.21 bits per heavy atom. The number of amides is 1. The van der Waals surface area contributed by atoms with Crippen LogP contribution >= 0.6 is 0 Å². The molecule has 1 saturated heterocycles. The van der Waals surface area contributed by atoms with Gasteiger partial charge in [0, 0.05) is 37.4 Å². The number of piperazine rings is 1. The van der Waals surface area contributed by atoms with Gasteiger partial charge in [-0.1, -0.05) is 36.7 Å². The number of nitrogens with zero attached hydrogens (tertiary/aromatic N) is 4. The predicted molar refractivity (Wildman–Crippen MR) is 114 cm³/mol. The summed E-state index contributed by atoms with van der Waals surface area (Å²) in [4.78, 5) is 26.1. The maximum absolute atomic E-state index is 12.8. The van der Waals surface area contributed by atoms with Gasteiger partial charge in [-0.2, -0.15) is 0 Å². The fourth-order valence-electron chi connectivity index (χ4n) is 4.31. The smallest absolute Gasteiger partial charge is 0.239 e. The first-order chi connectivity index (χ1) is 13.5. The van der Waals surface area contributed by atoms with Crippen LogP contribution in [-0.4, -0.2) is 60.8 Å². The third kappa shape index (κ3) is 3.76. The largest absolute Gasteiger partial charge is 0.353 e. The molecule has 0 saturated carbocycles. The third-order valence-electron chi connectivity index (χ3n) is 6.04. The second-order valence-electron chi connectivity index (χ2n) is 8.11. The number of hydrogen-bond acceptors (Lipinski definition) is 5. The van der Waals surface area contributed by atoms with Crippen LogP contribution in [0.25, 0.3) is 0 Å². The zero-order chi connectivity index (χ0) is 19.7. The van der Waals surface area contributed by atoms with Crippen LogP contribution < -0.4 is 16.1 Å². The Morgan fingerprint density at radius 3 is 2.64 bits per heavy atom. The Bertz CT molecular complexity index is 848. The number of carbonyl (C=O) groups excluding carboxylic acids is 1. The summed E-state index contributed by atoms with van der Waals surface area (Å²) >= 11 is 0. The SMILES string of the molecule is Bc1ccc(C[C@@H](N)C(=O)N2CCN(c3ncnc4c3[C@H](C)CC4)CC2)cc1. The second kappa shape index (κ2) is 7.91. The molecule has 2 N–H and O–H groups in total. The number of carbonyl (C=O) groups is 1. The molecule has 7 heteroatoms. The molecule has 1 amide bonds. The molecule has 1 fully saturated rings. The Morgan fingerprint density at radius 2 is 1.93 bits per heavy atom. The zero-order valence-corrected chi connectivity index (χ0v) is 16.8. The normalized spacial score (nSPS) is 20.1. The van der Waals surface area contributed by atoms with Crippen molar-refractivity contribution in [3.05, 3.63) is 47.4 Å². The van der Waals surface area contributed by atoms with E-state index < -0.39 is 6.04 Å². The number of nitrogens with two attached hydrogens (primary N) is 1. The number of benzene rings is 1. The van der Waals surface area contributed by atoms with Crippen molar-refractivity contribution in [2.75, 3.05) is 31.1 Å². The van der Waals surface area contributed by atoms with Crippen molar-refractivity contribution in [2.45, 2.75) is 38.1 Å². The van der Waals surface area contributed by atoms with Gasteiger partial charge in [-0.3, -0.25) is 4.79 Å². The van der Waals surface area contributed by atoms with Crippen molar-refractivity contribution in [1.29, 1.82) is 0 Å². The van der Waals surface area contributed by atoms with Crippen molar-refractivity contribution in [3.63, 3.8) is 0 Å². The highest BCUT2D eigenvalue weighted by atomic mass is 16.2. The predicted octanol–water partition coefficient (Wildman–Crippen LogP) is 0.00330. The Balaban J connectivity index is 1.37. The van der Waals surface area contributed by atoms with Gasteiger partial charge in [0.15, 0.2) is 0 Å². The molecule has 6 nitrogen and oxygen atoms in total. The third-order valence-corrected chi connectivity index (χ3v) is 6.04. The van der Waals surface area contributed by atoms with Crippen molar-refractivity contribution in [3.8, 4) is 0 Å². The van der Waals surface area contributed by atoms with Crippen LogP contribution in [0.15, 0.2) is 30.6 Å². The molecule has 28 heavy (non-hydrogen) atoms. The van der Waals surface area contributed by atoms with Gasteiger partial charge < -0.3 is 15.5 Å². The minimum atomic E-state index is -0.488. The first kappa shape index (κ1) is 18.9. The van der Waals surface area contributed by atoms with Crippen LogP contribution in [0.1, 0.15) is 36.1 Å². The standard InChI is InChI=1S/C21H28BN5O/c1-14-2-7-18-19(14)20(25-13-24-18)26-8-10-27(11-9-26)21(28)17(23)12-15-3-5-16(22)6-4-15/h3-6,13-14,17H,2,7-12,22-23H2,1H3/t14-,17-/m1/s1. The lowest BCUT2D eigenvalue weighted by Crippen LogP contribution is -2.54. The molecule has 2 aromatic rings. The summed E-state index contributed by atoms with van der Waals surface area (Å²) in [5, 5.41) is 0. The maximum Gasteiger partial charge on any atom is 0.239 e. The monoisotopic (exact) mass is 377 g/mol. The van der Waals surface area contributed by atoms with Crippen molar-refractivity contribution >= 4 is 25.0 Å². The van der Waals surface area contributed by atoms with E-state index in [1.807, 2.05) is 4.90 Å². The fraction of sp³-hybridized carbons (Fsp3) is 0.476. The molecule has 146 valence electrons. The number of aromatic nitrogens is 2. The molecule has 0 unspecified atom stereocenters. The minimum Gasteiger partial charge on any atom is -0.353 e. The van der Waals surface area contributed by atoms with Crippen LogP contribution in [0.3, 0.4) is 0 Å². The van der Waals surface area contributed by atoms with Crippen LogP contribution in [0.4, 0.5) is 5.82 Å². The number of hydrogen-bond donors (Lipinski definition) is 1. The van der Waals surface area contributed by atoms with Crippen molar-refractivity contribution in [1.82, 2.24) is 14.9 Å². The summed E-state index contributed by atoms with van der Waals surface area (Å²) in [6.45, 7) is 5.21. The first-order valence-corrected chi connectivity index (χ1v) is 10.2. The van der Waals surface area contributed by atoms with E-state index in [0.717, 1.165) is 37.3 Å². The number of fused-ring (bicyclic) bond motifs is 1. The molecule has 1 aromatic heterocycles. The van der Waals surface area contributed by atoms with E-state index in [-0.39, 0.29) is 5.91 Å². The molecular weight excluding hydrogens is 349 g/mol. The highest BCUT2D eigenvalue weighted by molar-refractivity contribution is 6.32. The van der Waals surface area contributed by atoms with Crippen LogP contribution in [0.2, 0.25) is 0 Å². The van der Waals surface area contributed by atoms with Crippen molar-refractivity contribution in [2.24, 2.45) is 5.73 Å². The molecule has 0 spiro atoms. The fourth-order valence-corrected chi connectivity index (χ4v) is 4.31. The lowest BCUT2D eigenvalue weighted by Gasteiger charge is -2.37. The summed E-state index contributed by atoms with van der Waals surface area (Å²) in [6.07, 6.45) is 4.45. The minimum absolute atomic E-state index is 0.0431. The molecule has 1 aliphatic heterocycles. The summed E-state index contributed by atoms with van der Waals surface area (Å²) in [6, 6.07) is 7.74. The van der Waals surface area contributed by atoms with E-state index in [0.29, 0.717) is 25.4 Å². The van der Waals surface area contributed by atoms with Crippen molar-refractivity contribution < 1.29 is 4.79 Å². The molecule has 2 atom stereocenters. The maximum atomic E-state index is 12.8. The quantitative estimate of drug-likeness (QED) is 0.760. The van der Waals surface area contributed by atoms with E-state index in [1.165, 1.54) is 16.7 Å². The molecule has 2 aliphatic rings. The molecule has 1 aliphatic carbocycles.